The van der Waals surface area contributed by atoms with E-state index in [9.17, 15) is 14.7 Å². The number of amides is 1. The quantitative estimate of drug-likeness (QED) is 0.750. The molecule has 1 aromatic carbocycles. The molecule has 0 fully saturated rings. The van der Waals surface area contributed by atoms with Gasteiger partial charge in [0.1, 0.15) is 0 Å². The average Bonchev–Trinajstić information content (AvgIpc) is 2.43. The van der Waals surface area contributed by atoms with Crippen LogP contribution in [0.3, 0.4) is 0 Å². The van der Waals surface area contributed by atoms with Gasteiger partial charge in [-0.15, -0.1) is 0 Å². The summed E-state index contributed by atoms with van der Waals surface area (Å²) in [5, 5.41) is 21.8. The standard InChI is InChI=1S/C16H23NO4/c1-10(2)13(18)16(3,4)9-17-14(19)11-6-5-7-12(8-11)15(20)21/h5-8,10,13,18H,9H2,1-4H3,(H,17,19)(H,20,21). The summed E-state index contributed by atoms with van der Waals surface area (Å²) in [6.45, 7) is 7.91. The molecule has 1 unspecified atom stereocenters. The third-order valence-corrected chi connectivity index (χ3v) is 3.51. The van der Waals surface area contributed by atoms with Crippen LogP contribution in [-0.2, 0) is 0 Å². The van der Waals surface area contributed by atoms with E-state index in [1.54, 1.807) is 6.07 Å². The Kier molecular flexibility index (Phi) is 5.49. The number of nitrogens with one attached hydrogen (secondary N) is 1. The lowest BCUT2D eigenvalue weighted by Crippen LogP contribution is -2.43. The summed E-state index contributed by atoms with van der Waals surface area (Å²) in [5.74, 6) is -1.32. The Hall–Kier alpha value is -1.88. The number of hydrogen-bond donors (Lipinski definition) is 3. The molecular formula is C16H23NO4. The number of aliphatic hydroxyl groups excluding tert-OH is 1. The number of rotatable bonds is 6. The van der Waals surface area contributed by atoms with Crippen molar-refractivity contribution in [3.05, 3.63) is 35.4 Å². The first-order valence-corrected chi connectivity index (χ1v) is 6.95. The van der Waals surface area contributed by atoms with Crippen LogP contribution < -0.4 is 5.32 Å². The molecule has 0 aliphatic heterocycles. The fraction of sp³-hybridized carbons (Fsp3) is 0.500. The molecule has 0 heterocycles. The molecule has 0 aromatic heterocycles. The van der Waals surface area contributed by atoms with Crippen LogP contribution in [0, 0.1) is 11.3 Å². The zero-order valence-corrected chi connectivity index (χ0v) is 12.9. The van der Waals surface area contributed by atoms with E-state index in [1.165, 1.54) is 18.2 Å². The first kappa shape index (κ1) is 17.2. The molecule has 116 valence electrons. The molecule has 1 aromatic rings. The first-order valence-electron chi connectivity index (χ1n) is 6.95. The Morgan fingerprint density at radius 2 is 1.81 bits per heavy atom. The lowest BCUT2D eigenvalue weighted by Gasteiger charge is -2.33. The van der Waals surface area contributed by atoms with Gasteiger partial charge in [0.05, 0.1) is 11.7 Å². The molecule has 5 nitrogen and oxygen atoms in total. The average molecular weight is 293 g/mol. The van der Waals surface area contributed by atoms with Crippen LogP contribution in [0.5, 0.6) is 0 Å². The SMILES string of the molecule is CC(C)C(O)C(C)(C)CNC(=O)c1cccc(C(=O)O)c1. The van der Waals surface area contributed by atoms with Crippen molar-refractivity contribution in [3.63, 3.8) is 0 Å². The number of carboxylic acids is 1. The molecule has 0 spiro atoms. The van der Waals surface area contributed by atoms with Gasteiger partial charge < -0.3 is 15.5 Å². The second-order valence-corrected chi connectivity index (χ2v) is 6.25. The van der Waals surface area contributed by atoms with Crippen molar-refractivity contribution in [2.75, 3.05) is 6.54 Å². The largest absolute Gasteiger partial charge is 0.478 e. The minimum absolute atomic E-state index is 0.0733. The predicted octanol–water partition coefficient (Wildman–Crippen LogP) is 2.16. The molecule has 0 aliphatic carbocycles. The highest BCUT2D eigenvalue weighted by Crippen LogP contribution is 2.25. The normalized spacial score (nSPS) is 13.0. The Bertz CT molecular complexity index is 523. The Labute approximate surface area is 125 Å². The number of aliphatic hydroxyl groups is 1. The second kappa shape index (κ2) is 6.72. The van der Waals surface area contributed by atoms with Gasteiger partial charge in [0.15, 0.2) is 0 Å². The van der Waals surface area contributed by atoms with Crippen LogP contribution in [0.4, 0.5) is 0 Å². The molecule has 0 aliphatic rings. The van der Waals surface area contributed by atoms with Crippen LogP contribution in [0.25, 0.3) is 0 Å². The van der Waals surface area contributed by atoms with Crippen LogP contribution in [0.15, 0.2) is 24.3 Å². The van der Waals surface area contributed by atoms with Gasteiger partial charge >= 0.3 is 5.97 Å². The molecule has 3 N–H and O–H groups in total. The van der Waals surface area contributed by atoms with E-state index in [4.69, 9.17) is 5.11 Å². The molecule has 0 radical (unpaired) electrons. The van der Waals surface area contributed by atoms with Gasteiger partial charge in [0.25, 0.3) is 5.91 Å². The topological polar surface area (TPSA) is 86.6 Å². The summed E-state index contributed by atoms with van der Waals surface area (Å²) >= 11 is 0. The summed E-state index contributed by atoms with van der Waals surface area (Å²) in [5.41, 5.74) is -0.0947. The van der Waals surface area contributed by atoms with Crippen molar-refractivity contribution in [1.82, 2.24) is 5.32 Å². The number of carbonyl (C=O) groups excluding carboxylic acids is 1. The summed E-state index contributed by atoms with van der Waals surface area (Å²) in [4.78, 5) is 23.0. The Balaban J connectivity index is 2.74. The number of benzene rings is 1. The van der Waals surface area contributed by atoms with Gasteiger partial charge in [-0.25, -0.2) is 4.79 Å². The highest BCUT2D eigenvalue weighted by atomic mass is 16.4. The zero-order chi connectivity index (χ0) is 16.2. The van der Waals surface area contributed by atoms with Crippen molar-refractivity contribution < 1.29 is 19.8 Å². The van der Waals surface area contributed by atoms with E-state index in [0.29, 0.717) is 12.1 Å². The molecular weight excluding hydrogens is 270 g/mol. The summed E-state index contributed by atoms with van der Waals surface area (Å²) in [6, 6.07) is 5.87. The summed E-state index contributed by atoms with van der Waals surface area (Å²) in [6.07, 6.45) is -0.539. The van der Waals surface area contributed by atoms with E-state index < -0.39 is 17.5 Å². The summed E-state index contributed by atoms with van der Waals surface area (Å²) < 4.78 is 0. The lowest BCUT2D eigenvalue weighted by molar-refractivity contribution is 0.0138. The number of hydrogen-bond acceptors (Lipinski definition) is 3. The van der Waals surface area contributed by atoms with Crippen molar-refractivity contribution in [2.45, 2.75) is 33.8 Å². The van der Waals surface area contributed by atoms with Gasteiger partial charge in [-0.1, -0.05) is 33.8 Å². The van der Waals surface area contributed by atoms with Gasteiger partial charge in [-0.3, -0.25) is 4.79 Å². The van der Waals surface area contributed by atoms with Gasteiger partial charge in [0.2, 0.25) is 0 Å². The van der Waals surface area contributed by atoms with Gasteiger partial charge in [0, 0.05) is 17.5 Å². The van der Waals surface area contributed by atoms with Crippen LogP contribution in [0.1, 0.15) is 48.4 Å². The van der Waals surface area contributed by atoms with E-state index in [-0.39, 0.29) is 17.4 Å². The maximum absolute atomic E-state index is 12.1. The smallest absolute Gasteiger partial charge is 0.335 e. The highest BCUT2D eigenvalue weighted by Gasteiger charge is 2.30. The van der Waals surface area contributed by atoms with E-state index >= 15 is 0 Å². The molecule has 21 heavy (non-hydrogen) atoms. The molecule has 5 heteroatoms. The Morgan fingerprint density at radius 3 is 2.33 bits per heavy atom. The Morgan fingerprint density at radius 1 is 1.24 bits per heavy atom. The van der Waals surface area contributed by atoms with Crippen LogP contribution in [0.2, 0.25) is 0 Å². The highest BCUT2D eigenvalue weighted by molar-refractivity contribution is 5.97. The third-order valence-electron chi connectivity index (χ3n) is 3.51. The van der Waals surface area contributed by atoms with E-state index in [0.717, 1.165) is 0 Å². The monoisotopic (exact) mass is 293 g/mol. The minimum atomic E-state index is -1.07. The first-order chi connectivity index (χ1) is 9.65. The predicted molar refractivity (Wildman–Crippen MR) is 80.4 cm³/mol. The van der Waals surface area contributed by atoms with Gasteiger partial charge in [-0.05, 0) is 24.1 Å². The van der Waals surface area contributed by atoms with Crippen molar-refractivity contribution >= 4 is 11.9 Å². The molecule has 1 amide bonds. The van der Waals surface area contributed by atoms with Crippen LogP contribution >= 0.6 is 0 Å². The zero-order valence-electron chi connectivity index (χ0n) is 12.9. The minimum Gasteiger partial charge on any atom is -0.478 e. The third kappa shape index (κ3) is 4.56. The number of carbonyl (C=O) groups is 2. The molecule has 0 saturated heterocycles. The van der Waals surface area contributed by atoms with Crippen LogP contribution in [-0.4, -0.2) is 34.7 Å². The van der Waals surface area contributed by atoms with Crippen molar-refractivity contribution in [3.8, 4) is 0 Å². The molecule has 1 rings (SSSR count). The molecule has 0 saturated carbocycles. The lowest BCUT2D eigenvalue weighted by atomic mass is 9.80. The fourth-order valence-electron chi connectivity index (χ4n) is 2.21. The second-order valence-electron chi connectivity index (χ2n) is 6.25. The van der Waals surface area contributed by atoms with Crippen molar-refractivity contribution in [1.29, 1.82) is 0 Å². The van der Waals surface area contributed by atoms with Crippen molar-refractivity contribution in [2.24, 2.45) is 11.3 Å². The maximum atomic E-state index is 12.1. The van der Waals surface area contributed by atoms with E-state index in [1.807, 2.05) is 27.7 Å². The number of aromatic carboxylic acids is 1. The number of carboxylic acid groups (broad SMARTS) is 1. The van der Waals surface area contributed by atoms with E-state index in [2.05, 4.69) is 5.32 Å². The maximum Gasteiger partial charge on any atom is 0.335 e. The molecule has 1 atom stereocenters. The van der Waals surface area contributed by atoms with Gasteiger partial charge in [-0.2, -0.15) is 0 Å². The summed E-state index contributed by atoms with van der Waals surface area (Å²) in [7, 11) is 0. The molecule has 0 bridgehead atoms. The fourth-order valence-corrected chi connectivity index (χ4v) is 2.21.